The number of pyridine rings is 1. The Labute approximate surface area is 106 Å². The van der Waals surface area contributed by atoms with Crippen LogP contribution in [0.3, 0.4) is 0 Å². The first-order valence-electron chi connectivity index (χ1n) is 5.70. The van der Waals surface area contributed by atoms with E-state index >= 15 is 0 Å². The molecule has 0 atom stereocenters. The highest BCUT2D eigenvalue weighted by Crippen LogP contribution is 2.09. The summed E-state index contributed by atoms with van der Waals surface area (Å²) < 4.78 is 0. The monoisotopic (exact) mass is 238 g/mol. The maximum absolute atomic E-state index is 11.9. The van der Waals surface area contributed by atoms with Crippen molar-refractivity contribution in [1.29, 1.82) is 0 Å². The Bertz CT molecular complexity index is 547. The predicted octanol–water partition coefficient (Wildman–Crippen LogP) is 3.12. The molecule has 0 bridgehead atoms. The fraction of sp³-hybridized carbons (Fsp3) is 0.0667. The van der Waals surface area contributed by atoms with Crippen LogP contribution in [0.4, 0.5) is 5.69 Å². The van der Waals surface area contributed by atoms with Crippen molar-refractivity contribution < 1.29 is 4.79 Å². The maximum atomic E-state index is 11.9. The van der Waals surface area contributed by atoms with Gasteiger partial charge < -0.3 is 5.32 Å². The molecule has 3 heteroatoms. The van der Waals surface area contributed by atoms with Crippen LogP contribution in [0.2, 0.25) is 0 Å². The molecule has 90 valence electrons. The number of carbonyl (C=O) groups excluding carboxylic acids is 1. The van der Waals surface area contributed by atoms with Crippen molar-refractivity contribution in [3.63, 3.8) is 0 Å². The van der Waals surface area contributed by atoms with E-state index in [1.54, 1.807) is 31.5 Å². The largest absolute Gasteiger partial charge is 0.321 e. The number of anilines is 1. The molecule has 0 aliphatic rings. The van der Waals surface area contributed by atoms with Gasteiger partial charge in [0.2, 0.25) is 0 Å². The average molecular weight is 238 g/mol. The number of carbonyl (C=O) groups is 1. The van der Waals surface area contributed by atoms with Crippen molar-refractivity contribution in [1.82, 2.24) is 4.98 Å². The molecule has 0 saturated heterocycles. The van der Waals surface area contributed by atoms with Gasteiger partial charge in [-0.05, 0) is 30.7 Å². The Balaban J connectivity index is 2.08. The van der Waals surface area contributed by atoms with Gasteiger partial charge in [0.25, 0.3) is 5.91 Å². The van der Waals surface area contributed by atoms with Crippen molar-refractivity contribution in [3.8, 4) is 0 Å². The summed E-state index contributed by atoms with van der Waals surface area (Å²) in [6, 6.07) is 13.3. The van der Waals surface area contributed by atoms with Gasteiger partial charge in [-0.3, -0.25) is 9.78 Å². The van der Waals surface area contributed by atoms with Crippen LogP contribution in [0.1, 0.15) is 12.5 Å². The lowest BCUT2D eigenvalue weighted by Crippen LogP contribution is -2.12. The number of nitrogens with zero attached hydrogens (tertiary/aromatic N) is 1. The van der Waals surface area contributed by atoms with E-state index in [0.717, 1.165) is 5.56 Å². The van der Waals surface area contributed by atoms with Crippen LogP contribution in [-0.4, -0.2) is 10.9 Å². The van der Waals surface area contributed by atoms with Gasteiger partial charge >= 0.3 is 0 Å². The highest BCUT2D eigenvalue weighted by molar-refractivity contribution is 6.06. The number of benzene rings is 1. The molecule has 2 rings (SSSR count). The zero-order valence-corrected chi connectivity index (χ0v) is 10.1. The third-order valence-corrected chi connectivity index (χ3v) is 2.46. The molecule has 0 aliphatic heterocycles. The van der Waals surface area contributed by atoms with E-state index in [2.05, 4.69) is 10.3 Å². The molecule has 0 unspecified atom stereocenters. The molecule has 1 heterocycles. The highest BCUT2D eigenvalue weighted by atomic mass is 16.1. The minimum absolute atomic E-state index is 0.119. The Morgan fingerprint density at radius 3 is 2.61 bits per heavy atom. The van der Waals surface area contributed by atoms with Gasteiger partial charge in [-0.1, -0.05) is 30.3 Å². The van der Waals surface area contributed by atoms with Gasteiger partial charge in [-0.15, -0.1) is 0 Å². The third-order valence-electron chi connectivity index (χ3n) is 2.46. The Hall–Kier alpha value is -2.42. The molecule has 0 fully saturated rings. The van der Waals surface area contributed by atoms with Crippen LogP contribution >= 0.6 is 0 Å². The summed E-state index contributed by atoms with van der Waals surface area (Å²) in [6.45, 7) is 1.79. The third kappa shape index (κ3) is 3.28. The fourth-order valence-electron chi connectivity index (χ4n) is 1.53. The minimum atomic E-state index is -0.119. The highest BCUT2D eigenvalue weighted by Gasteiger charge is 2.04. The molecular weight excluding hydrogens is 224 g/mol. The van der Waals surface area contributed by atoms with Crippen molar-refractivity contribution >= 4 is 17.7 Å². The van der Waals surface area contributed by atoms with Crippen molar-refractivity contribution in [2.45, 2.75) is 6.92 Å². The lowest BCUT2D eigenvalue weighted by molar-refractivity contribution is -0.112. The molecule has 2 aromatic rings. The first kappa shape index (κ1) is 12.0. The second-order valence-electron chi connectivity index (χ2n) is 3.93. The topological polar surface area (TPSA) is 42.0 Å². The van der Waals surface area contributed by atoms with E-state index in [1.165, 1.54) is 0 Å². The Morgan fingerprint density at radius 2 is 1.94 bits per heavy atom. The van der Waals surface area contributed by atoms with Crippen LogP contribution in [0.15, 0.2) is 60.4 Å². The quantitative estimate of drug-likeness (QED) is 0.835. The fourth-order valence-corrected chi connectivity index (χ4v) is 1.53. The summed E-state index contributed by atoms with van der Waals surface area (Å²) >= 11 is 0. The van der Waals surface area contributed by atoms with Gasteiger partial charge in [0.05, 0.1) is 11.9 Å². The summed E-state index contributed by atoms with van der Waals surface area (Å²) in [4.78, 5) is 15.9. The smallest absolute Gasteiger partial charge is 0.251 e. The second-order valence-corrected chi connectivity index (χ2v) is 3.93. The van der Waals surface area contributed by atoms with E-state index < -0.39 is 0 Å². The molecule has 3 nitrogen and oxygen atoms in total. The van der Waals surface area contributed by atoms with E-state index in [1.807, 2.05) is 36.4 Å². The summed E-state index contributed by atoms with van der Waals surface area (Å²) in [5, 5.41) is 2.79. The Kier molecular flexibility index (Phi) is 3.86. The molecule has 0 aliphatic carbocycles. The van der Waals surface area contributed by atoms with Crippen LogP contribution in [0.5, 0.6) is 0 Å². The molecule has 1 aromatic heterocycles. The van der Waals surface area contributed by atoms with Gasteiger partial charge in [0.15, 0.2) is 0 Å². The zero-order chi connectivity index (χ0) is 12.8. The molecule has 0 radical (unpaired) electrons. The number of rotatable bonds is 3. The van der Waals surface area contributed by atoms with Gasteiger partial charge in [0.1, 0.15) is 0 Å². The van der Waals surface area contributed by atoms with Crippen LogP contribution in [0, 0.1) is 0 Å². The number of aromatic nitrogens is 1. The van der Waals surface area contributed by atoms with Crippen molar-refractivity contribution in [2.24, 2.45) is 0 Å². The van der Waals surface area contributed by atoms with Gasteiger partial charge in [0, 0.05) is 11.8 Å². The van der Waals surface area contributed by atoms with Gasteiger partial charge in [-0.2, -0.15) is 0 Å². The minimum Gasteiger partial charge on any atom is -0.321 e. The van der Waals surface area contributed by atoms with Crippen molar-refractivity contribution in [2.75, 3.05) is 5.32 Å². The van der Waals surface area contributed by atoms with Crippen molar-refractivity contribution in [3.05, 3.63) is 66.0 Å². The van der Waals surface area contributed by atoms with E-state index in [-0.39, 0.29) is 5.91 Å². The second kappa shape index (κ2) is 5.77. The van der Waals surface area contributed by atoms with Crippen LogP contribution in [-0.2, 0) is 4.79 Å². The van der Waals surface area contributed by atoms with E-state index in [0.29, 0.717) is 11.3 Å². The molecule has 0 saturated carbocycles. The number of hydrogen-bond donors (Lipinski definition) is 1. The first-order valence-corrected chi connectivity index (χ1v) is 5.70. The van der Waals surface area contributed by atoms with Crippen LogP contribution in [0.25, 0.3) is 6.08 Å². The molecule has 1 N–H and O–H groups in total. The molecule has 1 aromatic carbocycles. The summed E-state index contributed by atoms with van der Waals surface area (Å²) in [6.07, 6.45) is 5.14. The standard InChI is InChI=1S/C15H14N2O/c1-12(10-13-6-3-2-4-7-13)15(18)17-14-8-5-9-16-11-14/h2-11H,1H3,(H,17,18)/b12-10+. The molecule has 18 heavy (non-hydrogen) atoms. The van der Waals surface area contributed by atoms with E-state index in [9.17, 15) is 4.79 Å². The average Bonchev–Trinajstić information content (AvgIpc) is 2.41. The summed E-state index contributed by atoms with van der Waals surface area (Å²) in [5.74, 6) is -0.119. The molecular formula is C15H14N2O. The lowest BCUT2D eigenvalue weighted by atomic mass is 10.1. The van der Waals surface area contributed by atoms with Crippen LogP contribution < -0.4 is 5.32 Å². The predicted molar refractivity (Wildman–Crippen MR) is 73.0 cm³/mol. The summed E-state index contributed by atoms with van der Waals surface area (Å²) in [5.41, 5.74) is 2.37. The van der Waals surface area contributed by atoms with Gasteiger partial charge in [-0.25, -0.2) is 0 Å². The molecule has 0 spiro atoms. The normalized spacial score (nSPS) is 11.1. The lowest BCUT2D eigenvalue weighted by Gasteiger charge is -2.04. The maximum Gasteiger partial charge on any atom is 0.251 e. The number of hydrogen-bond acceptors (Lipinski definition) is 2. The number of amides is 1. The summed E-state index contributed by atoms with van der Waals surface area (Å²) in [7, 11) is 0. The SMILES string of the molecule is C/C(=C\c1ccccc1)C(=O)Nc1cccnc1. The Morgan fingerprint density at radius 1 is 1.17 bits per heavy atom. The van der Waals surface area contributed by atoms with E-state index in [4.69, 9.17) is 0 Å². The molecule has 1 amide bonds. The first-order chi connectivity index (χ1) is 8.75. The number of nitrogens with one attached hydrogen (secondary N) is 1. The zero-order valence-electron chi connectivity index (χ0n) is 10.1.